The van der Waals surface area contributed by atoms with Crippen LogP contribution in [0.4, 0.5) is 0 Å². The Hall–Kier alpha value is 0.160. The Balaban J connectivity index is 0.00000225. The minimum atomic E-state index is -0.377. The van der Waals surface area contributed by atoms with E-state index in [1.165, 1.54) is 0 Å². The van der Waals surface area contributed by atoms with Crippen LogP contribution in [0.15, 0.2) is 24.3 Å². The van der Waals surface area contributed by atoms with E-state index in [0.717, 1.165) is 22.2 Å². The molecule has 0 heterocycles. The summed E-state index contributed by atoms with van der Waals surface area (Å²) in [6.45, 7) is 6.92. The summed E-state index contributed by atoms with van der Waals surface area (Å²) in [4.78, 5) is 2.23. The molecule has 0 amide bonds. The Bertz CT molecular complexity index is 305. The van der Waals surface area contributed by atoms with Crippen LogP contribution in [-0.4, -0.2) is 29.6 Å². The highest BCUT2D eigenvalue weighted by Gasteiger charge is 2.13. The first-order chi connectivity index (χ1) is 7.19. The maximum atomic E-state index is 10.1. The molecule has 0 aromatic heterocycles. The number of aliphatic hydroxyl groups excluding tert-OH is 1. The minimum absolute atomic E-state index is 0. The third kappa shape index (κ3) is 4.57. The molecule has 0 aliphatic carbocycles. The lowest BCUT2D eigenvalue weighted by atomic mass is 10.1. The van der Waals surface area contributed by atoms with E-state index in [4.69, 9.17) is 0 Å². The maximum absolute atomic E-state index is 10.1. The molecule has 0 saturated heterocycles. The third-order valence-electron chi connectivity index (χ3n) is 2.59. The fraction of sp³-hybridized carbons (Fsp3) is 0.500. The van der Waals surface area contributed by atoms with E-state index in [1.54, 1.807) is 0 Å². The van der Waals surface area contributed by atoms with Crippen molar-refractivity contribution in [3.63, 3.8) is 0 Å². The first-order valence-corrected chi connectivity index (χ1v) is 6.41. The zero-order chi connectivity index (χ0) is 11.3. The van der Waals surface area contributed by atoms with Crippen molar-refractivity contribution in [2.24, 2.45) is 0 Å². The van der Waals surface area contributed by atoms with Crippen molar-refractivity contribution in [1.29, 1.82) is 0 Å². The highest BCUT2D eigenvalue weighted by atomic mass is 127. The molecule has 16 heavy (non-hydrogen) atoms. The Labute approximate surface area is 118 Å². The van der Waals surface area contributed by atoms with Crippen LogP contribution in [0, 0.1) is 3.57 Å². The lowest BCUT2D eigenvalue weighted by molar-refractivity contribution is 0.118. The van der Waals surface area contributed by atoms with E-state index in [2.05, 4.69) is 41.3 Å². The van der Waals surface area contributed by atoms with Crippen molar-refractivity contribution in [3.8, 4) is 0 Å². The molecular weight excluding hydrogens is 336 g/mol. The first kappa shape index (κ1) is 16.2. The number of aliphatic hydroxyl groups is 1. The Morgan fingerprint density at radius 1 is 1.25 bits per heavy atom. The second-order valence-electron chi connectivity index (χ2n) is 3.52. The molecule has 0 aliphatic heterocycles. The average molecular weight is 356 g/mol. The van der Waals surface area contributed by atoms with Crippen LogP contribution in [0.2, 0.25) is 0 Å². The lowest BCUT2D eigenvalue weighted by Gasteiger charge is -2.22. The molecular formula is C12H19ClINO. The normalized spacial score (nSPS) is 12.3. The van der Waals surface area contributed by atoms with Gasteiger partial charge in [0, 0.05) is 10.1 Å². The summed E-state index contributed by atoms with van der Waals surface area (Å²) >= 11 is 2.27. The number of nitrogens with zero attached hydrogens (tertiary/aromatic N) is 1. The fourth-order valence-corrected chi connectivity index (χ4v) is 2.32. The molecule has 1 N–H and O–H groups in total. The smallest absolute Gasteiger partial charge is 0.0927 e. The fourth-order valence-electron chi connectivity index (χ4n) is 1.57. The molecule has 1 atom stereocenters. The molecule has 92 valence electrons. The maximum Gasteiger partial charge on any atom is 0.0927 e. The topological polar surface area (TPSA) is 23.5 Å². The third-order valence-corrected chi connectivity index (χ3v) is 3.57. The summed E-state index contributed by atoms with van der Waals surface area (Å²) in [5, 5.41) is 10.1. The molecule has 2 nitrogen and oxygen atoms in total. The van der Waals surface area contributed by atoms with E-state index in [0.29, 0.717) is 6.54 Å². The van der Waals surface area contributed by atoms with Gasteiger partial charge in [-0.3, -0.25) is 0 Å². The molecule has 0 aliphatic rings. The first-order valence-electron chi connectivity index (χ1n) is 5.33. The second kappa shape index (κ2) is 8.28. The van der Waals surface area contributed by atoms with Gasteiger partial charge in [0.1, 0.15) is 0 Å². The van der Waals surface area contributed by atoms with Crippen LogP contribution < -0.4 is 0 Å². The monoisotopic (exact) mass is 355 g/mol. The predicted molar refractivity (Wildman–Crippen MR) is 79.2 cm³/mol. The van der Waals surface area contributed by atoms with Gasteiger partial charge in [-0.1, -0.05) is 32.0 Å². The largest absolute Gasteiger partial charge is 0.387 e. The molecule has 0 radical (unpaired) electrons. The van der Waals surface area contributed by atoms with Gasteiger partial charge in [-0.05, 0) is 47.3 Å². The van der Waals surface area contributed by atoms with Gasteiger partial charge < -0.3 is 10.0 Å². The van der Waals surface area contributed by atoms with Gasteiger partial charge in [0.25, 0.3) is 0 Å². The standard InChI is InChI=1S/C12H18INO.ClH/c1-3-14(4-2)9-12(15)10-7-5-6-8-11(10)13;/h5-8,12,15H,3-4,9H2,1-2H3;1H. The number of benzene rings is 1. The van der Waals surface area contributed by atoms with Crippen LogP contribution in [0.3, 0.4) is 0 Å². The molecule has 1 rings (SSSR count). The molecule has 0 saturated carbocycles. The lowest BCUT2D eigenvalue weighted by Crippen LogP contribution is -2.28. The van der Waals surface area contributed by atoms with Crippen LogP contribution in [-0.2, 0) is 0 Å². The molecule has 1 aromatic carbocycles. The van der Waals surface area contributed by atoms with Gasteiger partial charge in [-0.25, -0.2) is 0 Å². The number of hydrogen-bond donors (Lipinski definition) is 1. The predicted octanol–water partition coefficient (Wildman–Crippen LogP) is 3.09. The van der Waals surface area contributed by atoms with Crippen LogP contribution in [0.1, 0.15) is 25.5 Å². The zero-order valence-electron chi connectivity index (χ0n) is 9.69. The summed E-state index contributed by atoms with van der Waals surface area (Å²) in [6, 6.07) is 8.00. The van der Waals surface area contributed by atoms with E-state index in [1.807, 2.05) is 24.3 Å². The van der Waals surface area contributed by atoms with Crippen LogP contribution in [0.25, 0.3) is 0 Å². The number of hydrogen-bond acceptors (Lipinski definition) is 2. The zero-order valence-corrected chi connectivity index (χ0v) is 12.7. The highest BCUT2D eigenvalue weighted by molar-refractivity contribution is 14.1. The van der Waals surface area contributed by atoms with E-state index in [9.17, 15) is 5.11 Å². The van der Waals surface area contributed by atoms with Crippen molar-refractivity contribution in [2.75, 3.05) is 19.6 Å². The van der Waals surface area contributed by atoms with Crippen molar-refractivity contribution in [2.45, 2.75) is 20.0 Å². The van der Waals surface area contributed by atoms with Gasteiger partial charge in [0.2, 0.25) is 0 Å². The van der Waals surface area contributed by atoms with Gasteiger partial charge in [0.15, 0.2) is 0 Å². The number of rotatable bonds is 5. The molecule has 0 spiro atoms. The Morgan fingerprint density at radius 2 is 1.81 bits per heavy atom. The SMILES string of the molecule is CCN(CC)CC(O)c1ccccc1I.Cl. The Kier molecular flexibility index (Phi) is 8.36. The average Bonchev–Trinajstić information content (AvgIpc) is 2.26. The molecule has 0 bridgehead atoms. The van der Waals surface area contributed by atoms with E-state index < -0.39 is 0 Å². The number of halogens is 2. The molecule has 1 aromatic rings. The summed E-state index contributed by atoms with van der Waals surface area (Å²) in [6.07, 6.45) is -0.377. The summed E-state index contributed by atoms with van der Waals surface area (Å²) < 4.78 is 1.13. The Morgan fingerprint density at radius 3 is 2.31 bits per heavy atom. The summed E-state index contributed by atoms with van der Waals surface area (Å²) in [5.74, 6) is 0. The van der Waals surface area contributed by atoms with Crippen molar-refractivity contribution in [1.82, 2.24) is 4.90 Å². The molecule has 1 unspecified atom stereocenters. The molecule has 4 heteroatoms. The second-order valence-corrected chi connectivity index (χ2v) is 4.69. The van der Waals surface area contributed by atoms with Crippen molar-refractivity contribution < 1.29 is 5.11 Å². The van der Waals surface area contributed by atoms with Crippen LogP contribution >= 0.6 is 35.0 Å². The van der Waals surface area contributed by atoms with Crippen molar-refractivity contribution in [3.05, 3.63) is 33.4 Å². The van der Waals surface area contributed by atoms with Gasteiger partial charge in [0.05, 0.1) is 6.10 Å². The van der Waals surface area contributed by atoms with Gasteiger partial charge in [-0.15, -0.1) is 12.4 Å². The van der Waals surface area contributed by atoms with E-state index in [-0.39, 0.29) is 18.5 Å². The highest BCUT2D eigenvalue weighted by Crippen LogP contribution is 2.20. The van der Waals surface area contributed by atoms with Crippen molar-refractivity contribution >= 4 is 35.0 Å². The quantitative estimate of drug-likeness (QED) is 0.821. The van der Waals surface area contributed by atoms with Gasteiger partial charge in [-0.2, -0.15) is 0 Å². The van der Waals surface area contributed by atoms with E-state index >= 15 is 0 Å². The van der Waals surface area contributed by atoms with Crippen LogP contribution in [0.5, 0.6) is 0 Å². The minimum Gasteiger partial charge on any atom is -0.387 e. The summed E-state index contributed by atoms with van der Waals surface area (Å²) in [7, 11) is 0. The summed E-state index contributed by atoms with van der Waals surface area (Å²) in [5.41, 5.74) is 1.03. The van der Waals surface area contributed by atoms with Gasteiger partial charge >= 0.3 is 0 Å². The molecule has 0 fully saturated rings. The number of likely N-dealkylation sites (N-methyl/N-ethyl adjacent to an activating group) is 1.